The van der Waals surface area contributed by atoms with E-state index in [0.29, 0.717) is 12.5 Å². The van der Waals surface area contributed by atoms with Crippen LogP contribution < -0.4 is 5.32 Å². The lowest BCUT2D eigenvalue weighted by molar-refractivity contribution is 0.105. The lowest BCUT2D eigenvalue weighted by Gasteiger charge is -2.16. The van der Waals surface area contributed by atoms with Crippen molar-refractivity contribution in [3.63, 3.8) is 0 Å². The van der Waals surface area contributed by atoms with Gasteiger partial charge in [-0.1, -0.05) is 13.8 Å². The van der Waals surface area contributed by atoms with E-state index in [1.54, 1.807) is 0 Å². The van der Waals surface area contributed by atoms with Crippen LogP contribution in [0.5, 0.6) is 0 Å². The Hall–Kier alpha value is -0.100. The first-order valence-corrected chi connectivity index (χ1v) is 7.06. The second-order valence-corrected chi connectivity index (χ2v) is 5.94. The quantitative estimate of drug-likeness (QED) is 0.750. The Kier molecular flexibility index (Phi) is 5.92. The molecule has 96 valence electrons. The van der Waals surface area contributed by atoms with Crippen LogP contribution in [0.2, 0.25) is 0 Å². The molecule has 0 bridgehead atoms. The zero-order chi connectivity index (χ0) is 13.0. The number of hydrogen-bond acceptors (Lipinski definition) is 3. The van der Waals surface area contributed by atoms with Gasteiger partial charge in [0.1, 0.15) is 0 Å². The first-order valence-electron chi connectivity index (χ1n) is 5.47. The summed E-state index contributed by atoms with van der Waals surface area (Å²) in [6.07, 6.45) is -0.751. The maximum Gasteiger partial charge on any atom is 0.0942 e. The molecule has 1 aromatic carbocycles. The second kappa shape index (κ2) is 6.73. The van der Waals surface area contributed by atoms with Gasteiger partial charge in [-0.15, -0.1) is 0 Å². The van der Waals surface area contributed by atoms with Crippen molar-refractivity contribution in [2.24, 2.45) is 0 Å². The number of benzene rings is 1. The maximum absolute atomic E-state index is 9.30. The van der Waals surface area contributed by atoms with E-state index < -0.39 is 6.10 Å². The number of anilines is 1. The van der Waals surface area contributed by atoms with E-state index >= 15 is 0 Å². The van der Waals surface area contributed by atoms with E-state index in [9.17, 15) is 5.11 Å². The van der Waals surface area contributed by atoms with E-state index in [-0.39, 0.29) is 6.61 Å². The Balaban J connectivity index is 2.86. The van der Waals surface area contributed by atoms with Crippen LogP contribution in [0.1, 0.15) is 25.3 Å². The summed E-state index contributed by atoms with van der Waals surface area (Å²) in [6, 6.07) is 4.12. The molecule has 1 atom stereocenters. The first kappa shape index (κ1) is 15.0. The summed E-state index contributed by atoms with van der Waals surface area (Å²) in [5.41, 5.74) is 2.12. The molecular formula is C12H17Br2NO2. The Bertz CT molecular complexity index is 360. The molecule has 0 spiro atoms. The fraction of sp³-hybridized carbons (Fsp3) is 0.500. The standard InChI is InChI=1S/C12H17Br2NO2/c1-7(2)8-3-10(13)12(11(14)4-8)15-5-9(17)6-16/h3-4,7,9,15-17H,5-6H2,1-2H3. The van der Waals surface area contributed by atoms with Crippen molar-refractivity contribution in [3.05, 3.63) is 26.6 Å². The molecular weight excluding hydrogens is 350 g/mol. The zero-order valence-electron chi connectivity index (χ0n) is 9.87. The minimum absolute atomic E-state index is 0.244. The van der Waals surface area contributed by atoms with Gasteiger partial charge in [-0.2, -0.15) is 0 Å². The molecule has 0 radical (unpaired) electrons. The van der Waals surface area contributed by atoms with E-state index in [4.69, 9.17) is 5.11 Å². The van der Waals surface area contributed by atoms with E-state index in [1.807, 2.05) is 0 Å². The summed E-state index contributed by atoms with van der Waals surface area (Å²) in [4.78, 5) is 0. The van der Waals surface area contributed by atoms with Gasteiger partial charge >= 0.3 is 0 Å². The SMILES string of the molecule is CC(C)c1cc(Br)c(NCC(O)CO)c(Br)c1. The minimum atomic E-state index is -0.751. The molecule has 1 unspecified atom stereocenters. The highest BCUT2D eigenvalue weighted by atomic mass is 79.9. The van der Waals surface area contributed by atoms with Crippen LogP contribution in [-0.2, 0) is 0 Å². The number of halogens is 2. The summed E-state index contributed by atoms with van der Waals surface area (Å²) >= 11 is 7.00. The van der Waals surface area contributed by atoms with Gasteiger partial charge in [-0.05, 0) is 55.5 Å². The number of nitrogens with one attached hydrogen (secondary N) is 1. The van der Waals surface area contributed by atoms with Gasteiger partial charge in [-0.25, -0.2) is 0 Å². The van der Waals surface area contributed by atoms with E-state index in [1.165, 1.54) is 5.56 Å². The molecule has 5 heteroatoms. The molecule has 0 heterocycles. The van der Waals surface area contributed by atoms with Gasteiger partial charge in [-0.3, -0.25) is 0 Å². The van der Waals surface area contributed by atoms with Crippen molar-refractivity contribution in [2.75, 3.05) is 18.5 Å². The molecule has 17 heavy (non-hydrogen) atoms. The zero-order valence-corrected chi connectivity index (χ0v) is 13.0. The third-order valence-electron chi connectivity index (χ3n) is 2.46. The van der Waals surface area contributed by atoms with Crippen LogP contribution in [0.25, 0.3) is 0 Å². The smallest absolute Gasteiger partial charge is 0.0942 e. The molecule has 0 aromatic heterocycles. The largest absolute Gasteiger partial charge is 0.394 e. The fourth-order valence-electron chi connectivity index (χ4n) is 1.38. The van der Waals surface area contributed by atoms with Crippen LogP contribution >= 0.6 is 31.9 Å². The van der Waals surface area contributed by atoms with Gasteiger partial charge in [0.2, 0.25) is 0 Å². The average Bonchev–Trinajstić information content (AvgIpc) is 2.27. The second-order valence-electron chi connectivity index (χ2n) is 4.23. The lowest BCUT2D eigenvalue weighted by atomic mass is 10.0. The highest BCUT2D eigenvalue weighted by molar-refractivity contribution is 9.11. The Morgan fingerprint density at radius 1 is 1.24 bits per heavy atom. The van der Waals surface area contributed by atoms with Crippen molar-refractivity contribution in [1.82, 2.24) is 0 Å². The molecule has 3 nitrogen and oxygen atoms in total. The molecule has 0 aliphatic heterocycles. The van der Waals surface area contributed by atoms with Crippen molar-refractivity contribution in [1.29, 1.82) is 0 Å². The Morgan fingerprint density at radius 3 is 2.18 bits per heavy atom. The van der Waals surface area contributed by atoms with Crippen LogP contribution in [-0.4, -0.2) is 29.5 Å². The highest BCUT2D eigenvalue weighted by Crippen LogP contribution is 2.34. The van der Waals surface area contributed by atoms with Crippen molar-refractivity contribution in [2.45, 2.75) is 25.9 Å². The average molecular weight is 367 g/mol. The van der Waals surface area contributed by atoms with Crippen molar-refractivity contribution < 1.29 is 10.2 Å². The van der Waals surface area contributed by atoms with E-state index in [2.05, 4.69) is 63.2 Å². The molecule has 0 fully saturated rings. The summed E-state index contributed by atoms with van der Waals surface area (Å²) < 4.78 is 1.89. The third kappa shape index (κ3) is 4.25. The molecule has 1 aromatic rings. The van der Waals surface area contributed by atoms with Crippen LogP contribution in [0.15, 0.2) is 21.1 Å². The predicted octanol–water partition coefficient (Wildman–Crippen LogP) is 3.10. The van der Waals surface area contributed by atoms with Crippen LogP contribution in [0, 0.1) is 0 Å². The Labute approximate surface area is 118 Å². The maximum atomic E-state index is 9.30. The number of aliphatic hydroxyl groups is 2. The Morgan fingerprint density at radius 2 is 1.76 bits per heavy atom. The van der Waals surface area contributed by atoms with Crippen LogP contribution in [0.4, 0.5) is 5.69 Å². The first-order chi connectivity index (χ1) is 7.95. The molecule has 0 amide bonds. The third-order valence-corrected chi connectivity index (χ3v) is 3.71. The minimum Gasteiger partial charge on any atom is -0.394 e. The van der Waals surface area contributed by atoms with E-state index in [0.717, 1.165) is 14.6 Å². The predicted molar refractivity (Wildman–Crippen MR) is 77.5 cm³/mol. The molecule has 0 saturated carbocycles. The van der Waals surface area contributed by atoms with Gasteiger partial charge in [0.15, 0.2) is 0 Å². The highest BCUT2D eigenvalue weighted by Gasteiger charge is 2.10. The summed E-state index contributed by atoms with van der Waals surface area (Å²) in [5.74, 6) is 0.458. The number of hydrogen-bond donors (Lipinski definition) is 3. The number of rotatable bonds is 5. The summed E-state index contributed by atoms with van der Waals surface area (Å²) in [6.45, 7) is 4.34. The van der Waals surface area contributed by atoms with Crippen molar-refractivity contribution in [3.8, 4) is 0 Å². The van der Waals surface area contributed by atoms with Gasteiger partial charge in [0.25, 0.3) is 0 Å². The summed E-state index contributed by atoms with van der Waals surface area (Å²) in [7, 11) is 0. The molecule has 0 aliphatic carbocycles. The summed E-state index contributed by atoms with van der Waals surface area (Å²) in [5, 5.41) is 21.1. The lowest BCUT2D eigenvalue weighted by Crippen LogP contribution is -2.23. The molecule has 1 rings (SSSR count). The van der Waals surface area contributed by atoms with Gasteiger partial charge in [0, 0.05) is 15.5 Å². The molecule has 3 N–H and O–H groups in total. The van der Waals surface area contributed by atoms with Gasteiger partial charge in [0.05, 0.1) is 18.4 Å². The fourth-order valence-corrected chi connectivity index (χ4v) is 2.88. The van der Waals surface area contributed by atoms with Crippen molar-refractivity contribution >= 4 is 37.5 Å². The van der Waals surface area contributed by atoms with Gasteiger partial charge < -0.3 is 15.5 Å². The molecule has 0 saturated heterocycles. The normalized spacial score (nSPS) is 12.9. The molecule has 0 aliphatic rings. The monoisotopic (exact) mass is 365 g/mol. The number of aliphatic hydroxyl groups excluding tert-OH is 2. The van der Waals surface area contributed by atoms with Crippen LogP contribution in [0.3, 0.4) is 0 Å². The topological polar surface area (TPSA) is 52.5 Å².